The highest BCUT2D eigenvalue weighted by molar-refractivity contribution is 5.86. The zero-order chi connectivity index (χ0) is 20.3. The number of aromatic carboxylic acids is 1. The zero-order valence-electron chi connectivity index (χ0n) is 15.9. The second-order valence-corrected chi connectivity index (χ2v) is 6.60. The SMILES string of the molecule is COc1ccc(OC)c(-n2c(=O)[nH]c(C(=O)O)c(CN3CCCCC3)c2=O)c1. The smallest absolute Gasteiger partial charge is 0.352 e. The third kappa shape index (κ3) is 3.79. The van der Waals surface area contributed by atoms with Crippen LogP contribution in [0.5, 0.6) is 11.5 Å². The van der Waals surface area contributed by atoms with E-state index in [-0.39, 0.29) is 23.5 Å². The lowest BCUT2D eigenvalue weighted by atomic mass is 10.1. The lowest BCUT2D eigenvalue weighted by Gasteiger charge is -2.26. The normalized spacial score (nSPS) is 14.6. The van der Waals surface area contributed by atoms with E-state index in [0.29, 0.717) is 11.5 Å². The van der Waals surface area contributed by atoms with Gasteiger partial charge >= 0.3 is 11.7 Å². The molecule has 0 aliphatic carbocycles. The van der Waals surface area contributed by atoms with Crippen molar-refractivity contribution >= 4 is 5.97 Å². The Balaban J connectivity index is 2.20. The summed E-state index contributed by atoms with van der Waals surface area (Å²) in [5.41, 5.74) is -1.68. The fourth-order valence-electron chi connectivity index (χ4n) is 3.43. The molecule has 9 heteroatoms. The average Bonchev–Trinajstić information content (AvgIpc) is 2.70. The number of likely N-dealkylation sites (tertiary alicyclic amines) is 1. The van der Waals surface area contributed by atoms with Gasteiger partial charge in [0.25, 0.3) is 5.56 Å². The van der Waals surface area contributed by atoms with Gasteiger partial charge in [0.05, 0.1) is 25.5 Å². The van der Waals surface area contributed by atoms with E-state index in [0.717, 1.165) is 36.9 Å². The van der Waals surface area contributed by atoms with Gasteiger partial charge in [0, 0.05) is 12.6 Å². The van der Waals surface area contributed by atoms with Crippen molar-refractivity contribution in [1.82, 2.24) is 14.5 Å². The average molecular weight is 389 g/mol. The number of nitrogens with one attached hydrogen (secondary N) is 1. The van der Waals surface area contributed by atoms with Crippen LogP contribution >= 0.6 is 0 Å². The molecule has 0 saturated carbocycles. The van der Waals surface area contributed by atoms with Crippen molar-refractivity contribution in [2.24, 2.45) is 0 Å². The maximum Gasteiger partial charge on any atom is 0.352 e. The molecule has 0 bridgehead atoms. The Hall–Kier alpha value is -3.07. The number of piperidine rings is 1. The maximum atomic E-state index is 13.2. The highest BCUT2D eigenvalue weighted by Gasteiger charge is 2.24. The van der Waals surface area contributed by atoms with E-state index < -0.39 is 17.2 Å². The molecule has 3 rings (SSSR count). The van der Waals surface area contributed by atoms with E-state index in [9.17, 15) is 19.5 Å². The van der Waals surface area contributed by atoms with Gasteiger partial charge in [-0.25, -0.2) is 14.2 Å². The molecule has 1 aromatic heterocycles. The van der Waals surface area contributed by atoms with Gasteiger partial charge in [0.1, 0.15) is 17.2 Å². The number of aromatic amines is 1. The van der Waals surface area contributed by atoms with Crippen molar-refractivity contribution in [2.45, 2.75) is 25.8 Å². The van der Waals surface area contributed by atoms with Gasteiger partial charge in [0.2, 0.25) is 0 Å². The number of hydrogen-bond donors (Lipinski definition) is 2. The fraction of sp³-hybridized carbons (Fsp3) is 0.421. The molecule has 1 aliphatic rings. The van der Waals surface area contributed by atoms with Crippen LogP contribution in [0.2, 0.25) is 0 Å². The van der Waals surface area contributed by atoms with Gasteiger partial charge in [0.15, 0.2) is 0 Å². The van der Waals surface area contributed by atoms with Crippen molar-refractivity contribution in [3.05, 3.63) is 50.3 Å². The number of carboxylic acid groups (broad SMARTS) is 1. The Morgan fingerprint density at radius 1 is 1.14 bits per heavy atom. The van der Waals surface area contributed by atoms with Crippen LogP contribution in [0.15, 0.2) is 27.8 Å². The molecule has 2 aromatic rings. The van der Waals surface area contributed by atoms with Crippen LogP contribution in [0, 0.1) is 0 Å². The van der Waals surface area contributed by atoms with Gasteiger partial charge in [-0.3, -0.25) is 9.69 Å². The molecule has 0 radical (unpaired) electrons. The lowest BCUT2D eigenvalue weighted by Crippen LogP contribution is -2.41. The summed E-state index contributed by atoms with van der Waals surface area (Å²) in [7, 11) is 2.89. The minimum absolute atomic E-state index is 0.0406. The van der Waals surface area contributed by atoms with E-state index in [1.807, 2.05) is 4.90 Å². The number of carboxylic acids is 1. The molecular weight excluding hydrogens is 366 g/mol. The number of methoxy groups -OCH3 is 2. The van der Waals surface area contributed by atoms with Gasteiger partial charge in [-0.05, 0) is 38.1 Å². The molecule has 1 aromatic carbocycles. The number of ether oxygens (including phenoxy) is 2. The first-order valence-corrected chi connectivity index (χ1v) is 9.02. The maximum absolute atomic E-state index is 13.2. The third-order valence-electron chi connectivity index (χ3n) is 4.87. The van der Waals surface area contributed by atoms with Gasteiger partial charge in [-0.15, -0.1) is 0 Å². The van der Waals surface area contributed by atoms with Crippen LogP contribution in [0.1, 0.15) is 35.3 Å². The second kappa shape index (κ2) is 8.30. The standard InChI is InChI=1S/C19H23N3O6/c1-27-12-6-7-15(28-2)14(10-12)22-17(23)13(11-21-8-4-3-5-9-21)16(18(24)25)20-19(22)26/h6-7,10H,3-5,8-9,11H2,1-2H3,(H,20,26)(H,24,25). The Labute approximate surface area is 161 Å². The molecule has 0 spiro atoms. The van der Waals surface area contributed by atoms with Gasteiger partial charge in [-0.1, -0.05) is 6.42 Å². The Morgan fingerprint density at radius 2 is 1.86 bits per heavy atom. The first-order chi connectivity index (χ1) is 13.5. The highest BCUT2D eigenvalue weighted by atomic mass is 16.5. The summed E-state index contributed by atoms with van der Waals surface area (Å²) in [6.07, 6.45) is 3.09. The summed E-state index contributed by atoms with van der Waals surface area (Å²) < 4.78 is 11.4. The molecule has 0 atom stereocenters. The Kier molecular flexibility index (Phi) is 5.84. The topological polar surface area (TPSA) is 114 Å². The highest BCUT2D eigenvalue weighted by Crippen LogP contribution is 2.26. The largest absolute Gasteiger partial charge is 0.497 e. The molecule has 0 unspecified atom stereocenters. The molecule has 28 heavy (non-hydrogen) atoms. The fourth-order valence-corrected chi connectivity index (χ4v) is 3.43. The third-order valence-corrected chi connectivity index (χ3v) is 4.87. The second-order valence-electron chi connectivity index (χ2n) is 6.60. The number of aromatic nitrogens is 2. The quantitative estimate of drug-likeness (QED) is 0.764. The summed E-state index contributed by atoms with van der Waals surface area (Å²) in [6.45, 7) is 1.71. The number of nitrogens with zero attached hydrogens (tertiary/aromatic N) is 2. The van der Waals surface area contributed by atoms with Crippen molar-refractivity contribution in [3.63, 3.8) is 0 Å². The zero-order valence-corrected chi connectivity index (χ0v) is 15.9. The molecule has 1 aliphatic heterocycles. The molecule has 2 N–H and O–H groups in total. The monoisotopic (exact) mass is 389 g/mol. The molecule has 2 heterocycles. The van der Waals surface area contributed by atoms with Crippen LogP contribution < -0.4 is 20.7 Å². The predicted molar refractivity (Wildman–Crippen MR) is 102 cm³/mol. The molecule has 1 saturated heterocycles. The van der Waals surface area contributed by atoms with Crippen molar-refractivity contribution in [2.75, 3.05) is 27.3 Å². The first kappa shape index (κ1) is 19.7. The summed E-state index contributed by atoms with van der Waals surface area (Å²) in [4.78, 5) is 41.9. The van der Waals surface area contributed by atoms with Crippen LogP contribution in [-0.2, 0) is 6.54 Å². The number of H-pyrrole nitrogens is 1. The summed E-state index contributed by atoms with van der Waals surface area (Å²) >= 11 is 0. The van der Waals surface area contributed by atoms with E-state index in [4.69, 9.17) is 9.47 Å². The van der Waals surface area contributed by atoms with Gasteiger partial charge < -0.3 is 19.6 Å². The van der Waals surface area contributed by atoms with E-state index in [1.165, 1.54) is 20.3 Å². The molecule has 0 amide bonds. The lowest BCUT2D eigenvalue weighted by molar-refractivity contribution is 0.0686. The Morgan fingerprint density at radius 3 is 2.46 bits per heavy atom. The van der Waals surface area contributed by atoms with Crippen LogP contribution in [0.3, 0.4) is 0 Å². The van der Waals surface area contributed by atoms with Crippen molar-refractivity contribution < 1.29 is 19.4 Å². The number of benzene rings is 1. The molecular formula is C19H23N3O6. The van der Waals surface area contributed by atoms with Crippen LogP contribution in [-0.4, -0.2) is 52.8 Å². The summed E-state index contributed by atoms with van der Waals surface area (Å²) in [5, 5.41) is 9.51. The minimum Gasteiger partial charge on any atom is -0.497 e. The van der Waals surface area contributed by atoms with E-state index >= 15 is 0 Å². The van der Waals surface area contributed by atoms with Gasteiger partial charge in [-0.2, -0.15) is 0 Å². The van der Waals surface area contributed by atoms with E-state index in [2.05, 4.69) is 4.98 Å². The summed E-state index contributed by atoms with van der Waals surface area (Å²) in [6, 6.07) is 4.72. The Bertz CT molecular complexity index is 988. The first-order valence-electron chi connectivity index (χ1n) is 9.02. The number of hydrogen-bond acceptors (Lipinski definition) is 6. The van der Waals surface area contributed by atoms with Crippen LogP contribution in [0.25, 0.3) is 5.69 Å². The number of carbonyl (C=O) groups is 1. The predicted octanol–water partition coefficient (Wildman–Crippen LogP) is 1.23. The van der Waals surface area contributed by atoms with Crippen molar-refractivity contribution in [3.8, 4) is 17.2 Å². The molecule has 1 fully saturated rings. The van der Waals surface area contributed by atoms with Crippen LogP contribution in [0.4, 0.5) is 0 Å². The number of rotatable bonds is 6. The van der Waals surface area contributed by atoms with E-state index in [1.54, 1.807) is 12.1 Å². The van der Waals surface area contributed by atoms with Crippen molar-refractivity contribution in [1.29, 1.82) is 0 Å². The minimum atomic E-state index is -1.34. The summed E-state index contributed by atoms with van der Waals surface area (Å²) in [5.74, 6) is -0.617. The molecule has 150 valence electrons. The molecule has 9 nitrogen and oxygen atoms in total.